The van der Waals surface area contributed by atoms with Crippen molar-refractivity contribution in [3.05, 3.63) is 237 Å². The predicted octanol–water partition coefficient (Wildman–Crippen LogP) is 16.3. The maximum atomic E-state index is 7.12. The van der Waals surface area contributed by atoms with Crippen LogP contribution in [0.5, 0.6) is 0 Å². The van der Waals surface area contributed by atoms with E-state index in [-0.39, 0.29) is 0 Å². The van der Waals surface area contributed by atoms with Gasteiger partial charge in [-0.2, -0.15) is 0 Å². The molecule has 0 saturated heterocycles. The molecule has 322 valence electrons. The molecule has 14 rings (SSSR count). The second-order valence-electron chi connectivity index (χ2n) is 17.5. The number of fused-ring (bicyclic) bond motifs is 10. The molecule has 0 aliphatic rings. The summed E-state index contributed by atoms with van der Waals surface area (Å²) >= 11 is 0. The van der Waals surface area contributed by atoms with E-state index in [1.165, 1.54) is 16.3 Å². The number of nitrogens with zero attached hydrogens (tertiary/aromatic N) is 5. The van der Waals surface area contributed by atoms with Gasteiger partial charge in [-0.05, 0) is 65.2 Å². The van der Waals surface area contributed by atoms with Crippen LogP contribution in [-0.2, 0) is 0 Å². The summed E-state index contributed by atoms with van der Waals surface area (Å²) in [6.07, 6.45) is 0. The monoisotopic (exact) mass is 881 g/mol. The third kappa shape index (κ3) is 6.16. The van der Waals surface area contributed by atoms with Crippen molar-refractivity contribution in [2.75, 3.05) is 0 Å². The first-order valence-corrected chi connectivity index (χ1v) is 23.3. The van der Waals surface area contributed by atoms with Crippen LogP contribution in [0, 0.1) is 0 Å². The predicted molar refractivity (Wildman–Crippen MR) is 283 cm³/mol. The molecule has 69 heavy (non-hydrogen) atoms. The van der Waals surface area contributed by atoms with Crippen LogP contribution < -0.4 is 0 Å². The second-order valence-corrected chi connectivity index (χ2v) is 17.5. The number of furan rings is 1. The minimum absolute atomic E-state index is 0.567. The van der Waals surface area contributed by atoms with Gasteiger partial charge in [0.15, 0.2) is 23.1 Å². The van der Waals surface area contributed by atoms with E-state index < -0.39 is 0 Å². The first-order chi connectivity index (χ1) is 34.2. The summed E-state index contributed by atoms with van der Waals surface area (Å²) in [5.41, 5.74) is 15.3. The van der Waals surface area contributed by atoms with Gasteiger partial charge in [0.1, 0.15) is 5.58 Å². The molecule has 6 heteroatoms. The molecule has 0 radical (unpaired) electrons. The fourth-order valence-corrected chi connectivity index (χ4v) is 10.5. The highest BCUT2D eigenvalue weighted by atomic mass is 16.3. The van der Waals surface area contributed by atoms with Gasteiger partial charge in [-0.1, -0.05) is 188 Å². The van der Waals surface area contributed by atoms with Crippen molar-refractivity contribution in [2.24, 2.45) is 0 Å². The number of benzene rings is 10. The lowest BCUT2D eigenvalue weighted by atomic mass is 9.98. The zero-order valence-electron chi connectivity index (χ0n) is 37.2. The van der Waals surface area contributed by atoms with E-state index in [0.29, 0.717) is 17.5 Å². The maximum absolute atomic E-state index is 7.12. The Hall–Kier alpha value is -9.39. The molecular formula is C63H39N5O. The Morgan fingerprint density at radius 3 is 1.52 bits per heavy atom. The highest BCUT2D eigenvalue weighted by Crippen LogP contribution is 2.48. The summed E-state index contributed by atoms with van der Waals surface area (Å²) in [5.74, 6) is 1.76. The molecule has 0 fully saturated rings. The molecule has 0 N–H and O–H groups in total. The number of rotatable bonds is 7. The zero-order chi connectivity index (χ0) is 45.4. The molecular weight excluding hydrogens is 843 g/mol. The molecule has 0 amide bonds. The van der Waals surface area contributed by atoms with E-state index in [9.17, 15) is 0 Å². The van der Waals surface area contributed by atoms with Crippen LogP contribution in [0.1, 0.15) is 0 Å². The van der Waals surface area contributed by atoms with Crippen LogP contribution in [0.4, 0.5) is 0 Å². The zero-order valence-corrected chi connectivity index (χ0v) is 37.2. The molecule has 14 aromatic rings. The summed E-state index contributed by atoms with van der Waals surface area (Å²) in [6, 6.07) is 83.2. The average Bonchev–Trinajstić information content (AvgIpc) is 4.10. The molecule has 4 aromatic heterocycles. The van der Waals surface area contributed by atoms with Gasteiger partial charge < -0.3 is 13.6 Å². The molecule has 0 spiro atoms. The number of aromatic nitrogens is 5. The van der Waals surface area contributed by atoms with Crippen molar-refractivity contribution >= 4 is 65.6 Å². The molecule has 0 atom stereocenters. The van der Waals surface area contributed by atoms with Gasteiger partial charge in [0.2, 0.25) is 0 Å². The Morgan fingerprint density at radius 2 is 0.826 bits per heavy atom. The Bertz CT molecular complexity index is 4270. The van der Waals surface area contributed by atoms with Crippen LogP contribution in [0.2, 0.25) is 0 Å². The van der Waals surface area contributed by atoms with Crippen molar-refractivity contribution in [1.29, 1.82) is 0 Å². The molecule has 10 aromatic carbocycles. The van der Waals surface area contributed by atoms with Crippen molar-refractivity contribution in [1.82, 2.24) is 24.1 Å². The lowest BCUT2D eigenvalue weighted by molar-refractivity contribution is 0.666. The third-order valence-electron chi connectivity index (χ3n) is 13.6. The smallest absolute Gasteiger partial charge is 0.164 e. The Balaban J connectivity index is 1.07. The summed E-state index contributed by atoms with van der Waals surface area (Å²) in [4.78, 5) is 15.7. The first-order valence-electron chi connectivity index (χ1n) is 23.3. The van der Waals surface area contributed by atoms with Crippen LogP contribution >= 0.6 is 0 Å². The number of hydrogen-bond acceptors (Lipinski definition) is 4. The van der Waals surface area contributed by atoms with E-state index in [1.54, 1.807) is 0 Å². The molecule has 0 saturated carbocycles. The number of hydrogen-bond donors (Lipinski definition) is 0. The molecule has 4 heterocycles. The summed E-state index contributed by atoms with van der Waals surface area (Å²) in [7, 11) is 0. The van der Waals surface area contributed by atoms with Gasteiger partial charge >= 0.3 is 0 Å². The van der Waals surface area contributed by atoms with Crippen LogP contribution in [0.3, 0.4) is 0 Å². The molecule has 0 aliphatic heterocycles. The van der Waals surface area contributed by atoms with Gasteiger partial charge in [0, 0.05) is 60.3 Å². The highest BCUT2D eigenvalue weighted by Gasteiger charge is 2.27. The van der Waals surface area contributed by atoms with Crippen LogP contribution in [0.25, 0.3) is 133 Å². The average molecular weight is 882 g/mol. The van der Waals surface area contributed by atoms with Crippen molar-refractivity contribution < 1.29 is 4.42 Å². The quantitative estimate of drug-likeness (QED) is 0.160. The molecule has 6 nitrogen and oxygen atoms in total. The van der Waals surface area contributed by atoms with E-state index >= 15 is 0 Å². The summed E-state index contributed by atoms with van der Waals surface area (Å²) in [6.45, 7) is 0. The number of para-hydroxylation sites is 4. The Labute approximate surface area is 396 Å². The topological polar surface area (TPSA) is 61.7 Å². The van der Waals surface area contributed by atoms with Gasteiger partial charge in [-0.25, -0.2) is 15.0 Å². The summed E-state index contributed by atoms with van der Waals surface area (Å²) in [5, 5.41) is 6.58. The van der Waals surface area contributed by atoms with Gasteiger partial charge in [-0.15, -0.1) is 0 Å². The fraction of sp³-hybridized carbons (Fsp3) is 0. The minimum Gasteiger partial charge on any atom is -0.454 e. The molecule has 0 bridgehead atoms. The first kappa shape index (κ1) is 38.8. The normalized spacial score (nSPS) is 11.8. The maximum Gasteiger partial charge on any atom is 0.164 e. The van der Waals surface area contributed by atoms with E-state index in [2.05, 4.69) is 203 Å². The summed E-state index contributed by atoms with van der Waals surface area (Å²) < 4.78 is 12.0. The van der Waals surface area contributed by atoms with Crippen molar-refractivity contribution in [3.63, 3.8) is 0 Å². The fourth-order valence-electron chi connectivity index (χ4n) is 10.5. The third-order valence-corrected chi connectivity index (χ3v) is 13.6. The Morgan fingerprint density at radius 1 is 0.319 bits per heavy atom. The lowest BCUT2D eigenvalue weighted by Crippen LogP contribution is -2.01. The van der Waals surface area contributed by atoms with Gasteiger partial charge in [-0.3, -0.25) is 0 Å². The highest BCUT2D eigenvalue weighted by molar-refractivity contribution is 6.30. The van der Waals surface area contributed by atoms with E-state index in [0.717, 1.165) is 99.5 Å². The second kappa shape index (κ2) is 15.6. The standard InChI is InChI=1S/C63H39N5O/c1-5-19-40(20-6-1)41-33-35-44(36-34-41)62-64-61(43-23-9-3-10-24-43)65-63(66-62)49-37-38-54(60-56(49)48-29-15-18-32-55(48)69-60)68-52-30-16-13-27-46(52)51-39-50(42-21-7-2-8-22-42)58-57(59(51)68)47-28-14-17-31-53(47)67(58)45-25-11-4-12-26-45/h1-39H. The van der Waals surface area contributed by atoms with Crippen LogP contribution in [-0.4, -0.2) is 24.1 Å². The van der Waals surface area contributed by atoms with Crippen molar-refractivity contribution in [2.45, 2.75) is 0 Å². The van der Waals surface area contributed by atoms with Crippen molar-refractivity contribution in [3.8, 4) is 67.8 Å². The van der Waals surface area contributed by atoms with Crippen LogP contribution in [0.15, 0.2) is 241 Å². The molecule has 0 aliphatic carbocycles. The van der Waals surface area contributed by atoms with E-state index in [1.807, 2.05) is 42.5 Å². The van der Waals surface area contributed by atoms with E-state index in [4.69, 9.17) is 19.4 Å². The Kier molecular flexibility index (Phi) is 8.79. The van der Waals surface area contributed by atoms with Gasteiger partial charge in [0.05, 0.1) is 27.8 Å². The lowest BCUT2D eigenvalue weighted by Gasteiger charge is -2.15. The van der Waals surface area contributed by atoms with Gasteiger partial charge in [0.25, 0.3) is 0 Å². The SMILES string of the molecule is c1ccc(-c2ccc(-c3nc(-c4ccccc4)nc(-c4ccc(-n5c6ccccc6c6cc(-c7ccccc7)c7c(c8ccccc8n7-c7ccccc7)c65)c5oc6ccccc6c45)n3)cc2)cc1. The minimum atomic E-state index is 0.567. The molecule has 0 unspecified atom stereocenters. The largest absolute Gasteiger partial charge is 0.454 e.